The molecule has 1 amide bonds. The first-order valence-corrected chi connectivity index (χ1v) is 9.93. The summed E-state index contributed by atoms with van der Waals surface area (Å²) in [6, 6.07) is 10.0. The van der Waals surface area contributed by atoms with Gasteiger partial charge < -0.3 is 5.32 Å². The van der Waals surface area contributed by atoms with Gasteiger partial charge in [0.05, 0.1) is 4.90 Å². The first kappa shape index (κ1) is 18.8. The summed E-state index contributed by atoms with van der Waals surface area (Å²) in [7, 11) is -3.82. The molecule has 0 bridgehead atoms. The van der Waals surface area contributed by atoms with Crippen molar-refractivity contribution in [1.82, 2.24) is 4.31 Å². The minimum absolute atomic E-state index is 0.0889. The lowest BCUT2D eigenvalue weighted by Crippen LogP contribution is -2.33. The molecule has 1 aliphatic carbocycles. The number of sulfonamides is 1. The van der Waals surface area contributed by atoms with E-state index < -0.39 is 15.8 Å². The molecule has 2 aromatic rings. The van der Waals surface area contributed by atoms with Gasteiger partial charge in [-0.1, -0.05) is 17.7 Å². The van der Waals surface area contributed by atoms with Crippen LogP contribution in [-0.2, 0) is 21.4 Å². The second-order valence-corrected chi connectivity index (χ2v) is 8.48. The molecule has 0 atom stereocenters. The van der Waals surface area contributed by atoms with Gasteiger partial charge in [0.25, 0.3) is 0 Å². The fraction of sp³-hybridized carbons (Fsp3) is 0.278. The SMILES string of the molecule is CC(=O)Nc1ccc(S(=O)(=O)N(Cc2c(F)cccc2Cl)C2CC2)cc1. The highest BCUT2D eigenvalue weighted by molar-refractivity contribution is 7.89. The maximum atomic E-state index is 14.1. The summed E-state index contributed by atoms with van der Waals surface area (Å²) in [5.74, 6) is -0.770. The number of rotatable bonds is 6. The van der Waals surface area contributed by atoms with Gasteiger partial charge in [-0.25, -0.2) is 12.8 Å². The number of halogens is 2. The van der Waals surface area contributed by atoms with E-state index in [9.17, 15) is 17.6 Å². The summed E-state index contributed by atoms with van der Waals surface area (Å²) in [6.45, 7) is 1.25. The average Bonchev–Trinajstić information content (AvgIpc) is 3.39. The molecule has 0 radical (unpaired) electrons. The van der Waals surface area contributed by atoms with Crippen LogP contribution in [0.25, 0.3) is 0 Å². The molecule has 26 heavy (non-hydrogen) atoms. The highest BCUT2D eigenvalue weighted by Crippen LogP contribution is 2.35. The lowest BCUT2D eigenvalue weighted by atomic mass is 10.2. The quantitative estimate of drug-likeness (QED) is 0.807. The van der Waals surface area contributed by atoms with Crippen LogP contribution in [0.4, 0.5) is 10.1 Å². The molecular formula is C18H18ClFN2O3S. The summed E-state index contributed by atoms with van der Waals surface area (Å²) in [5, 5.41) is 2.79. The minimum Gasteiger partial charge on any atom is -0.326 e. The highest BCUT2D eigenvalue weighted by atomic mass is 35.5. The summed E-state index contributed by atoms with van der Waals surface area (Å²) in [5.41, 5.74) is 0.672. The van der Waals surface area contributed by atoms with Crippen molar-refractivity contribution in [3.63, 3.8) is 0 Å². The predicted octanol–water partition coefficient (Wildman–Crippen LogP) is 3.79. The molecule has 138 valence electrons. The lowest BCUT2D eigenvalue weighted by Gasteiger charge is -2.23. The van der Waals surface area contributed by atoms with Crippen molar-refractivity contribution in [1.29, 1.82) is 0 Å². The van der Waals surface area contributed by atoms with Crippen LogP contribution in [0.3, 0.4) is 0 Å². The first-order chi connectivity index (χ1) is 12.3. The molecular weight excluding hydrogens is 379 g/mol. The van der Waals surface area contributed by atoms with Crippen LogP contribution < -0.4 is 5.32 Å². The summed E-state index contributed by atoms with van der Waals surface area (Å²) >= 11 is 6.06. The zero-order valence-electron chi connectivity index (χ0n) is 14.1. The number of hydrogen-bond acceptors (Lipinski definition) is 3. The van der Waals surface area contributed by atoms with E-state index in [-0.39, 0.29) is 34.0 Å². The first-order valence-electron chi connectivity index (χ1n) is 8.11. The van der Waals surface area contributed by atoms with Gasteiger partial charge in [0.15, 0.2) is 0 Å². The predicted molar refractivity (Wildman–Crippen MR) is 97.9 cm³/mol. The third-order valence-electron chi connectivity index (χ3n) is 4.11. The Bertz CT molecular complexity index is 908. The Labute approximate surface area is 156 Å². The molecule has 3 rings (SSSR count). The topological polar surface area (TPSA) is 66.5 Å². The van der Waals surface area contributed by atoms with Crippen molar-refractivity contribution in [2.24, 2.45) is 0 Å². The second kappa shape index (κ2) is 7.34. The van der Waals surface area contributed by atoms with Gasteiger partial charge in [0.1, 0.15) is 5.82 Å². The van der Waals surface area contributed by atoms with Crippen molar-refractivity contribution >= 4 is 33.2 Å². The molecule has 0 heterocycles. The molecule has 0 saturated heterocycles. The third kappa shape index (κ3) is 4.06. The standard InChI is InChI=1S/C18H18ClFN2O3S/c1-12(23)21-13-5-9-15(10-6-13)26(24,25)22(14-7-8-14)11-16-17(19)3-2-4-18(16)20/h2-6,9-10,14H,7-8,11H2,1H3,(H,21,23). The zero-order valence-corrected chi connectivity index (χ0v) is 15.6. The lowest BCUT2D eigenvalue weighted by molar-refractivity contribution is -0.114. The van der Waals surface area contributed by atoms with Gasteiger partial charge in [-0.15, -0.1) is 0 Å². The average molecular weight is 397 g/mol. The van der Waals surface area contributed by atoms with E-state index in [1.807, 2.05) is 0 Å². The van der Waals surface area contributed by atoms with Crippen LogP contribution >= 0.6 is 11.6 Å². The fourth-order valence-electron chi connectivity index (χ4n) is 2.66. The van der Waals surface area contributed by atoms with Gasteiger partial charge in [-0.2, -0.15) is 4.31 Å². The van der Waals surface area contributed by atoms with Crippen molar-refractivity contribution in [3.8, 4) is 0 Å². The molecule has 0 spiro atoms. The zero-order chi connectivity index (χ0) is 18.9. The van der Waals surface area contributed by atoms with E-state index in [0.717, 1.165) is 12.8 Å². The number of nitrogens with zero attached hydrogens (tertiary/aromatic N) is 1. The normalized spacial score (nSPS) is 14.5. The number of hydrogen-bond donors (Lipinski definition) is 1. The Morgan fingerprint density at radius 2 is 1.88 bits per heavy atom. The van der Waals surface area contributed by atoms with E-state index in [0.29, 0.717) is 5.69 Å². The molecule has 0 aromatic heterocycles. The van der Waals surface area contributed by atoms with Gasteiger partial charge in [0, 0.05) is 35.8 Å². The molecule has 0 aliphatic heterocycles. The summed E-state index contributed by atoms with van der Waals surface area (Å²) < 4.78 is 41.5. The van der Waals surface area contributed by atoms with E-state index in [1.165, 1.54) is 47.6 Å². The van der Waals surface area contributed by atoms with Crippen LogP contribution in [0.15, 0.2) is 47.4 Å². The number of benzene rings is 2. The second-order valence-electron chi connectivity index (χ2n) is 6.19. The van der Waals surface area contributed by atoms with Gasteiger partial charge in [-0.3, -0.25) is 4.79 Å². The number of carbonyl (C=O) groups excluding carboxylic acids is 1. The number of nitrogens with one attached hydrogen (secondary N) is 1. The smallest absolute Gasteiger partial charge is 0.243 e. The third-order valence-corrected chi connectivity index (χ3v) is 6.38. The van der Waals surface area contributed by atoms with E-state index in [2.05, 4.69) is 5.32 Å². The Balaban J connectivity index is 1.90. The Morgan fingerprint density at radius 1 is 1.23 bits per heavy atom. The molecule has 1 N–H and O–H groups in total. The Kier molecular flexibility index (Phi) is 5.32. The molecule has 1 fully saturated rings. The minimum atomic E-state index is -3.82. The molecule has 2 aromatic carbocycles. The molecule has 8 heteroatoms. The highest BCUT2D eigenvalue weighted by Gasteiger charge is 2.38. The van der Waals surface area contributed by atoms with Crippen LogP contribution in [0.2, 0.25) is 5.02 Å². The number of amides is 1. The van der Waals surface area contributed by atoms with Crippen LogP contribution in [-0.4, -0.2) is 24.7 Å². The van der Waals surface area contributed by atoms with Gasteiger partial charge in [0.2, 0.25) is 15.9 Å². The molecule has 0 unspecified atom stereocenters. The van der Waals surface area contributed by atoms with Crippen molar-refractivity contribution in [3.05, 3.63) is 58.9 Å². The maximum absolute atomic E-state index is 14.1. The van der Waals surface area contributed by atoms with Gasteiger partial charge >= 0.3 is 0 Å². The summed E-state index contributed by atoms with van der Waals surface area (Å²) in [4.78, 5) is 11.2. The fourth-order valence-corrected chi connectivity index (χ4v) is 4.54. The van der Waals surface area contributed by atoms with E-state index in [1.54, 1.807) is 6.07 Å². The largest absolute Gasteiger partial charge is 0.326 e. The van der Waals surface area contributed by atoms with Crippen LogP contribution in [0.5, 0.6) is 0 Å². The maximum Gasteiger partial charge on any atom is 0.243 e. The molecule has 1 saturated carbocycles. The van der Waals surface area contributed by atoms with Crippen molar-refractivity contribution < 1.29 is 17.6 Å². The Hall–Kier alpha value is -1.96. The van der Waals surface area contributed by atoms with E-state index >= 15 is 0 Å². The van der Waals surface area contributed by atoms with Gasteiger partial charge in [-0.05, 0) is 49.2 Å². The van der Waals surface area contributed by atoms with E-state index in [4.69, 9.17) is 11.6 Å². The monoisotopic (exact) mass is 396 g/mol. The molecule has 5 nitrogen and oxygen atoms in total. The summed E-state index contributed by atoms with van der Waals surface area (Å²) in [6.07, 6.45) is 1.46. The van der Waals surface area contributed by atoms with Crippen LogP contribution in [0.1, 0.15) is 25.3 Å². The number of anilines is 1. The van der Waals surface area contributed by atoms with Crippen LogP contribution in [0, 0.1) is 5.82 Å². The molecule has 1 aliphatic rings. The van der Waals surface area contributed by atoms with Crippen molar-refractivity contribution in [2.75, 3.05) is 5.32 Å². The van der Waals surface area contributed by atoms with Crippen molar-refractivity contribution in [2.45, 2.75) is 37.2 Å². The Morgan fingerprint density at radius 3 is 2.42 bits per heavy atom. The number of carbonyl (C=O) groups is 1.